The molecule has 0 amide bonds. The molecule has 2 rings (SSSR count). The third-order valence-electron chi connectivity index (χ3n) is 3.09. The molecule has 2 aromatic rings. The van der Waals surface area contributed by atoms with E-state index >= 15 is 0 Å². The Bertz CT molecular complexity index is 559. The van der Waals surface area contributed by atoms with Crippen molar-refractivity contribution in [2.24, 2.45) is 0 Å². The van der Waals surface area contributed by atoms with E-state index in [9.17, 15) is 0 Å². The topological polar surface area (TPSA) is 0 Å². The molecule has 0 fully saturated rings. The van der Waals surface area contributed by atoms with Gasteiger partial charge in [-0.15, -0.1) is 44.3 Å². The molecule has 0 aliphatic rings. The molecule has 0 atom stereocenters. The average molecular weight is 396 g/mol. The van der Waals surface area contributed by atoms with Gasteiger partial charge in [-0.05, 0) is 34.8 Å². The summed E-state index contributed by atoms with van der Waals surface area (Å²) in [5.41, 5.74) is 2.48. The van der Waals surface area contributed by atoms with Gasteiger partial charge in [0.1, 0.15) is 0 Å². The molecule has 0 spiro atoms. The van der Waals surface area contributed by atoms with Gasteiger partial charge in [0.25, 0.3) is 14.8 Å². The molecule has 0 bridgehead atoms. The maximum atomic E-state index is 5.89. The van der Waals surface area contributed by atoms with Gasteiger partial charge >= 0.3 is 0 Å². The van der Waals surface area contributed by atoms with Gasteiger partial charge in [-0.3, -0.25) is 0 Å². The number of aryl methyl sites for hydroxylation is 2. The molecule has 114 valence electrons. The summed E-state index contributed by atoms with van der Waals surface area (Å²) >= 11 is 23.4. The first-order chi connectivity index (χ1) is 9.97. The highest BCUT2D eigenvalue weighted by Gasteiger charge is 2.09. The Morgan fingerprint density at radius 3 is 1.62 bits per heavy atom. The van der Waals surface area contributed by atoms with E-state index in [0.29, 0.717) is 0 Å². The number of rotatable bonds is 3. The Labute approximate surface area is 149 Å². The molecule has 0 N–H and O–H groups in total. The lowest BCUT2D eigenvalue weighted by Gasteiger charge is -2.05. The summed E-state index contributed by atoms with van der Waals surface area (Å²) < 4.78 is 0. The molecule has 0 radical (unpaired) electrons. The van der Waals surface area contributed by atoms with Crippen LogP contribution in [0.5, 0.6) is 0 Å². The van der Waals surface area contributed by atoms with E-state index < -0.39 is 14.8 Å². The second-order valence-electron chi connectivity index (χ2n) is 4.51. The quantitative estimate of drug-likeness (QED) is 0.543. The second kappa shape index (κ2) is 9.93. The molecule has 0 nitrogen and oxygen atoms in total. The summed E-state index contributed by atoms with van der Waals surface area (Å²) in [4.78, 5) is 0. The summed E-state index contributed by atoms with van der Waals surface area (Å²) in [5, 5.41) is 2.30. The number of hydrogen-bond acceptors (Lipinski definition) is 0. The monoisotopic (exact) mass is 394 g/mol. The smallest absolute Gasteiger partial charge is 0.144 e. The van der Waals surface area contributed by atoms with Crippen LogP contribution in [0.3, 0.4) is 0 Å². The molecule has 6 heteroatoms. The molecular formula is C15H18Cl4Si2. The highest BCUT2D eigenvalue weighted by Crippen LogP contribution is 2.04. The Morgan fingerprint density at radius 2 is 1.24 bits per heavy atom. The van der Waals surface area contributed by atoms with Crippen LogP contribution in [-0.2, 0) is 6.42 Å². The SMILES string of the molecule is CCc1ccccc1[SiH](Cl)Cl.Cc1ccccc1[SiH](Cl)Cl. The van der Waals surface area contributed by atoms with Crippen LogP contribution in [0.4, 0.5) is 0 Å². The van der Waals surface area contributed by atoms with E-state index in [2.05, 4.69) is 13.0 Å². The van der Waals surface area contributed by atoms with Gasteiger partial charge in [0.05, 0.1) is 0 Å². The van der Waals surface area contributed by atoms with Crippen molar-refractivity contribution in [3.05, 3.63) is 59.7 Å². The van der Waals surface area contributed by atoms with Crippen LogP contribution < -0.4 is 10.4 Å². The Morgan fingerprint density at radius 1 is 0.762 bits per heavy atom. The van der Waals surface area contributed by atoms with Crippen LogP contribution in [0.25, 0.3) is 0 Å². The lowest BCUT2D eigenvalue weighted by atomic mass is 10.2. The lowest BCUT2D eigenvalue weighted by Crippen LogP contribution is -2.22. The Kier molecular flexibility index (Phi) is 9.02. The molecule has 0 saturated heterocycles. The molecule has 2 aromatic carbocycles. The molecule has 0 aromatic heterocycles. The summed E-state index contributed by atoms with van der Waals surface area (Å²) in [6, 6.07) is 16.1. The predicted octanol–water partition coefficient (Wildman–Crippen LogP) is 4.05. The standard InChI is InChI=1S/C8H10Cl2Si.C7H8Cl2Si/c1-2-7-5-3-4-6-8(7)11(9)10;1-6-4-2-3-5-7(6)10(8)9/h3-6,11H,2H2,1H3;2-5,10H,1H3. The van der Waals surface area contributed by atoms with Crippen LogP contribution in [0.15, 0.2) is 48.5 Å². The summed E-state index contributed by atoms with van der Waals surface area (Å²) in [6.07, 6.45) is 1.01. The van der Waals surface area contributed by atoms with E-state index in [4.69, 9.17) is 44.3 Å². The first kappa shape index (κ1) is 19.1. The van der Waals surface area contributed by atoms with Gasteiger partial charge in [-0.2, -0.15) is 0 Å². The van der Waals surface area contributed by atoms with Gasteiger partial charge in [0.15, 0.2) is 0 Å². The van der Waals surface area contributed by atoms with E-state index in [-0.39, 0.29) is 0 Å². The Balaban J connectivity index is 0.000000211. The second-order valence-corrected chi connectivity index (χ2v) is 13.5. The predicted molar refractivity (Wildman–Crippen MR) is 104 cm³/mol. The zero-order chi connectivity index (χ0) is 15.8. The van der Waals surface area contributed by atoms with Crippen LogP contribution in [0.1, 0.15) is 18.1 Å². The molecule has 0 heterocycles. The molecule has 0 unspecified atom stereocenters. The van der Waals surface area contributed by atoms with Gasteiger partial charge in [0, 0.05) is 0 Å². The lowest BCUT2D eigenvalue weighted by molar-refractivity contribution is 1.15. The van der Waals surface area contributed by atoms with Gasteiger partial charge in [-0.1, -0.05) is 55.5 Å². The van der Waals surface area contributed by atoms with Crippen LogP contribution in [-0.4, -0.2) is 14.8 Å². The first-order valence-electron chi connectivity index (χ1n) is 6.67. The highest BCUT2D eigenvalue weighted by molar-refractivity contribution is 7.40. The van der Waals surface area contributed by atoms with Crippen LogP contribution in [0.2, 0.25) is 0 Å². The minimum atomic E-state index is -1.64. The van der Waals surface area contributed by atoms with Crippen molar-refractivity contribution < 1.29 is 0 Å². The van der Waals surface area contributed by atoms with Crippen molar-refractivity contribution in [2.45, 2.75) is 20.3 Å². The van der Waals surface area contributed by atoms with Crippen molar-refractivity contribution in [3.8, 4) is 0 Å². The molecule has 21 heavy (non-hydrogen) atoms. The molecular weight excluding hydrogens is 378 g/mol. The summed E-state index contributed by atoms with van der Waals surface area (Å²) in [7, 11) is -3.27. The fourth-order valence-corrected chi connectivity index (χ4v) is 6.18. The Hall–Kier alpha value is 0.0338. The summed E-state index contributed by atoms with van der Waals surface area (Å²) in [5.74, 6) is 0. The van der Waals surface area contributed by atoms with Crippen molar-refractivity contribution >= 4 is 69.5 Å². The highest BCUT2D eigenvalue weighted by atomic mass is 35.7. The zero-order valence-corrected chi connectivity index (χ0v) is 17.3. The van der Waals surface area contributed by atoms with Gasteiger partial charge in [0.2, 0.25) is 0 Å². The van der Waals surface area contributed by atoms with Crippen LogP contribution in [0, 0.1) is 6.92 Å². The van der Waals surface area contributed by atoms with Crippen molar-refractivity contribution in [1.29, 1.82) is 0 Å². The molecule has 0 aliphatic carbocycles. The van der Waals surface area contributed by atoms with E-state index in [1.54, 1.807) is 0 Å². The van der Waals surface area contributed by atoms with E-state index in [0.717, 1.165) is 11.6 Å². The van der Waals surface area contributed by atoms with Gasteiger partial charge < -0.3 is 0 Å². The molecule has 0 aliphatic heterocycles. The third-order valence-corrected chi connectivity index (χ3v) is 8.07. The maximum absolute atomic E-state index is 5.89. The van der Waals surface area contributed by atoms with Crippen molar-refractivity contribution in [2.75, 3.05) is 0 Å². The normalized spacial score (nSPS) is 10.5. The maximum Gasteiger partial charge on any atom is 0.266 e. The van der Waals surface area contributed by atoms with Crippen molar-refractivity contribution in [1.82, 2.24) is 0 Å². The fraction of sp³-hybridized carbons (Fsp3) is 0.200. The fourth-order valence-electron chi connectivity index (χ4n) is 1.90. The third kappa shape index (κ3) is 6.35. The summed E-state index contributed by atoms with van der Waals surface area (Å²) in [6.45, 7) is 4.14. The number of hydrogen-bond donors (Lipinski definition) is 0. The average Bonchev–Trinajstić information content (AvgIpc) is 2.48. The number of benzene rings is 2. The zero-order valence-electron chi connectivity index (χ0n) is 12.0. The van der Waals surface area contributed by atoms with E-state index in [1.807, 2.05) is 49.4 Å². The first-order valence-corrected chi connectivity index (χ1v) is 14.8. The van der Waals surface area contributed by atoms with Crippen LogP contribution >= 0.6 is 44.3 Å². The molecule has 0 saturated carbocycles. The van der Waals surface area contributed by atoms with E-state index in [1.165, 1.54) is 16.3 Å². The largest absolute Gasteiger partial charge is 0.266 e. The van der Waals surface area contributed by atoms with Crippen molar-refractivity contribution in [3.63, 3.8) is 0 Å². The number of halogens is 4. The minimum absolute atomic E-state index is 1.01. The van der Waals surface area contributed by atoms with Gasteiger partial charge in [-0.25, -0.2) is 0 Å². The minimum Gasteiger partial charge on any atom is -0.144 e.